The Morgan fingerprint density at radius 3 is 2.70 bits per heavy atom. The summed E-state index contributed by atoms with van der Waals surface area (Å²) in [5.74, 6) is 0. The van der Waals surface area contributed by atoms with Crippen LogP contribution in [0.3, 0.4) is 0 Å². The first-order valence-electron chi connectivity index (χ1n) is 5.77. The first-order valence-corrected chi connectivity index (χ1v) is 5.77. The van der Waals surface area contributed by atoms with E-state index < -0.39 is 16.0 Å². The van der Waals surface area contributed by atoms with Crippen molar-refractivity contribution in [3.63, 3.8) is 0 Å². The van der Waals surface area contributed by atoms with Gasteiger partial charge in [0.25, 0.3) is 16.8 Å². The van der Waals surface area contributed by atoms with Crippen LogP contribution in [0.1, 0.15) is 5.56 Å². The highest BCUT2D eigenvalue weighted by Crippen LogP contribution is 2.27. The molecule has 0 unspecified atom stereocenters. The van der Waals surface area contributed by atoms with Crippen LogP contribution >= 0.6 is 0 Å². The quantitative estimate of drug-likeness (QED) is 0.625. The molecular formula is C12H12N4O4. The summed E-state index contributed by atoms with van der Waals surface area (Å²) in [6.45, 7) is 0.0345. The third kappa shape index (κ3) is 2.58. The van der Waals surface area contributed by atoms with Gasteiger partial charge >= 0.3 is 0 Å². The van der Waals surface area contributed by atoms with Crippen LogP contribution in [0.25, 0.3) is 0 Å². The normalized spacial score (nSPS) is 10.2. The highest BCUT2D eigenvalue weighted by atomic mass is 16.6. The maximum Gasteiger partial charge on any atom is 0.292 e. The van der Waals surface area contributed by atoms with Gasteiger partial charge < -0.3 is 5.32 Å². The predicted molar refractivity (Wildman–Crippen MR) is 73.1 cm³/mol. The molecule has 104 valence electrons. The summed E-state index contributed by atoms with van der Waals surface area (Å²) in [6, 6.07) is 6.82. The predicted octanol–water partition coefficient (Wildman–Crippen LogP) is 0.535. The highest BCUT2D eigenvalue weighted by molar-refractivity contribution is 5.66. The Morgan fingerprint density at radius 1 is 1.30 bits per heavy atom. The Bertz CT molecular complexity index is 763. The maximum atomic E-state index is 11.6. The van der Waals surface area contributed by atoms with Crippen LogP contribution < -0.4 is 16.4 Å². The average Bonchev–Trinajstić information content (AvgIpc) is 2.42. The molecule has 2 aromatic rings. The Balaban J connectivity index is 2.51. The molecular weight excluding hydrogens is 264 g/mol. The molecule has 8 heteroatoms. The summed E-state index contributed by atoms with van der Waals surface area (Å²) in [4.78, 5) is 33.3. The number of H-pyrrole nitrogens is 1. The van der Waals surface area contributed by atoms with Crippen molar-refractivity contribution < 1.29 is 4.92 Å². The van der Waals surface area contributed by atoms with E-state index in [2.05, 4.69) is 10.4 Å². The van der Waals surface area contributed by atoms with Gasteiger partial charge in [0.2, 0.25) is 0 Å². The molecule has 1 aromatic carbocycles. The van der Waals surface area contributed by atoms with Crippen LogP contribution in [-0.4, -0.2) is 21.8 Å². The van der Waals surface area contributed by atoms with Gasteiger partial charge in [-0.3, -0.25) is 24.8 Å². The number of aromatic amines is 1. The van der Waals surface area contributed by atoms with Crippen molar-refractivity contribution in [3.8, 4) is 0 Å². The standard InChI is InChI=1S/C12H12N4O4/c1-13-12-8(3-2-4-9(12)16(19)20)7-15-11(18)6-5-10(17)14-15/h2-6,13H,7H2,1H3,(H,14,17). The first-order chi connectivity index (χ1) is 9.52. The molecule has 0 radical (unpaired) electrons. The highest BCUT2D eigenvalue weighted by Gasteiger charge is 2.16. The van der Waals surface area contributed by atoms with Crippen LogP contribution in [0.2, 0.25) is 0 Å². The molecule has 8 nitrogen and oxygen atoms in total. The Kier molecular flexibility index (Phi) is 3.65. The Morgan fingerprint density at radius 2 is 2.05 bits per heavy atom. The number of para-hydroxylation sites is 1. The van der Waals surface area contributed by atoms with Crippen molar-refractivity contribution >= 4 is 11.4 Å². The molecule has 0 amide bonds. The minimum atomic E-state index is -0.508. The van der Waals surface area contributed by atoms with E-state index in [-0.39, 0.29) is 12.2 Å². The molecule has 2 N–H and O–H groups in total. The zero-order chi connectivity index (χ0) is 14.7. The van der Waals surface area contributed by atoms with Gasteiger partial charge in [-0.25, -0.2) is 4.68 Å². The number of rotatable bonds is 4. The second-order valence-corrected chi connectivity index (χ2v) is 4.05. The zero-order valence-corrected chi connectivity index (χ0v) is 10.6. The lowest BCUT2D eigenvalue weighted by Crippen LogP contribution is -2.28. The van der Waals surface area contributed by atoms with Crippen molar-refractivity contribution in [3.05, 3.63) is 66.7 Å². The van der Waals surface area contributed by atoms with E-state index in [0.717, 1.165) is 16.8 Å². The molecule has 0 saturated heterocycles. The fourth-order valence-corrected chi connectivity index (χ4v) is 1.91. The van der Waals surface area contributed by atoms with Gasteiger partial charge in [-0.1, -0.05) is 12.1 Å². The minimum absolute atomic E-state index is 0.0345. The molecule has 0 aliphatic carbocycles. The summed E-state index contributed by atoms with van der Waals surface area (Å²) < 4.78 is 1.10. The van der Waals surface area contributed by atoms with Gasteiger partial charge in [0, 0.05) is 30.8 Å². The van der Waals surface area contributed by atoms with Crippen molar-refractivity contribution in [2.24, 2.45) is 0 Å². The molecule has 0 fully saturated rings. The number of aromatic nitrogens is 2. The molecule has 1 heterocycles. The zero-order valence-electron chi connectivity index (χ0n) is 10.6. The van der Waals surface area contributed by atoms with Crippen LogP contribution in [0.15, 0.2) is 39.9 Å². The molecule has 0 bridgehead atoms. The molecule has 0 spiro atoms. The van der Waals surface area contributed by atoms with E-state index in [9.17, 15) is 19.7 Å². The number of hydrogen-bond acceptors (Lipinski definition) is 5. The maximum absolute atomic E-state index is 11.6. The lowest BCUT2D eigenvalue weighted by Gasteiger charge is -2.10. The number of hydrogen-bond donors (Lipinski definition) is 2. The number of nitrogens with one attached hydrogen (secondary N) is 2. The largest absolute Gasteiger partial charge is 0.382 e. The summed E-state index contributed by atoms with van der Waals surface area (Å²) in [6.07, 6.45) is 0. The number of nitro benzene ring substituents is 1. The topological polar surface area (TPSA) is 110 Å². The van der Waals surface area contributed by atoms with Crippen LogP contribution in [0.4, 0.5) is 11.4 Å². The fourth-order valence-electron chi connectivity index (χ4n) is 1.91. The van der Waals surface area contributed by atoms with Gasteiger partial charge in [-0.2, -0.15) is 0 Å². The molecule has 0 aliphatic rings. The van der Waals surface area contributed by atoms with E-state index in [1.807, 2.05) is 0 Å². The average molecular weight is 276 g/mol. The lowest BCUT2D eigenvalue weighted by atomic mass is 10.1. The van der Waals surface area contributed by atoms with Crippen LogP contribution in [0.5, 0.6) is 0 Å². The Labute approximate surface area is 112 Å². The van der Waals surface area contributed by atoms with Crippen molar-refractivity contribution in [1.82, 2.24) is 9.78 Å². The SMILES string of the molecule is CNc1c(Cn2[nH]c(=O)ccc2=O)cccc1[N+](=O)[O-]. The monoisotopic (exact) mass is 276 g/mol. The molecule has 2 rings (SSSR count). The molecule has 0 saturated carbocycles. The molecule has 20 heavy (non-hydrogen) atoms. The smallest absolute Gasteiger partial charge is 0.292 e. The second kappa shape index (κ2) is 5.39. The van der Waals surface area contributed by atoms with Crippen molar-refractivity contribution in [1.29, 1.82) is 0 Å². The third-order valence-electron chi connectivity index (χ3n) is 2.79. The van der Waals surface area contributed by atoms with Gasteiger partial charge in [-0.05, 0) is 0 Å². The Hall–Kier alpha value is -2.90. The number of nitrogens with zero attached hydrogens (tertiary/aromatic N) is 2. The van der Waals surface area contributed by atoms with E-state index in [4.69, 9.17) is 0 Å². The summed E-state index contributed by atoms with van der Waals surface area (Å²) in [7, 11) is 1.56. The number of nitro groups is 1. The second-order valence-electron chi connectivity index (χ2n) is 4.05. The van der Waals surface area contributed by atoms with Gasteiger partial charge in [-0.15, -0.1) is 0 Å². The molecule has 1 aromatic heterocycles. The fraction of sp³-hybridized carbons (Fsp3) is 0.167. The van der Waals surface area contributed by atoms with E-state index >= 15 is 0 Å². The van der Waals surface area contributed by atoms with E-state index in [1.165, 1.54) is 12.1 Å². The minimum Gasteiger partial charge on any atom is -0.382 e. The van der Waals surface area contributed by atoms with Gasteiger partial charge in [0.05, 0.1) is 11.5 Å². The summed E-state index contributed by atoms with van der Waals surface area (Å²) in [5, 5.41) is 16.1. The van der Waals surface area contributed by atoms with Gasteiger partial charge in [0.1, 0.15) is 5.69 Å². The van der Waals surface area contributed by atoms with Crippen molar-refractivity contribution in [2.75, 3.05) is 12.4 Å². The van der Waals surface area contributed by atoms with E-state index in [1.54, 1.807) is 13.1 Å². The van der Waals surface area contributed by atoms with Crippen molar-refractivity contribution in [2.45, 2.75) is 6.54 Å². The molecule has 0 atom stereocenters. The summed E-state index contributed by atoms with van der Waals surface area (Å²) >= 11 is 0. The van der Waals surface area contributed by atoms with Crippen LogP contribution in [0, 0.1) is 10.1 Å². The lowest BCUT2D eigenvalue weighted by molar-refractivity contribution is -0.384. The van der Waals surface area contributed by atoms with Gasteiger partial charge in [0.15, 0.2) is 0 Å². The first kappa shape index (κ1) is 13.5. The summed E-state index contributed by atoms with van der Waals surface area (Å²) in [5.41, 5.74) is -0.0460. The van der Waals surface area contributed by atoms with Crippen LogP contribution in [-0.2, 0) is 6.54 Å². The van der Waals surface area contributed by atoms with E-state index in [0.29, 0.717) is 11.3 Å². The number of anilines is 1. The third-order valence-corrected chi connectivity index (χ3v) is 2.79. The number of benzene rings is 1. The molecule has 0 aliphatic heterocycles.